The summed E-state index contributed by atoms with van der Waals surface area (Å²) in [5.41, 5.74) is 1.71. The van der Waals surface area contributed by atoms with Gasteiger partial charge < -0.3 is 14.8 Å². The third kappa shape index (κ3) is 2.03. The highest BCUT2D eigenvalue weighted by atomic mass is 16.4. The third-order valence-corrected chi connectivity index (χ3v) is 4.76. The first-order chi connectivity index (χ1) is 10.1. The molecule has 0 saturated heterocycles. The van der Waals surface area contributed by atoms with Crippen molar-refractivity contribution in [2.24, 2.45) is 5.41 Å². The van der Waals surface area contributed by atoms with E-state index in [4.69, 9.17) is 0 Å². The molecule has 110 valence electrons. The number of carboxylic acid groups (broad SMARTS) is 1. The summed E-state index contributed by atoms with van der Waals surface area (Å²) in [7, 11) is 0. The highest BCUT2D eigenvalue weighted by Crippen LogP contribution is 2.49. The van der Waals surface area contributed by atoms with Crippen LogP contribution in [0.2, 0.25) is 0 Å². The van der Waals surface area contributed by atoms with Gasteiger partial charge in [0.05, 0.1) is 23.2 Å². The van der Waals surface area contributed by atoms with E-state index in [-0.39, 0.29) is 12.0 Å². The predicted molar refractivity (Wildman–Crippen MR) is 77.4 cm³/mol. The number of para-hydroxylation sites is 1. The maximum atomic E-state index is 11.5. The van der Waals surface area contributed by atoms with Crippen molar-refractivity contribution < 1.29 is 15.0 Å². The van der Waals surface area contributed by atoms with Gasteiger partial charge in [0.25, 0.3) is 0 Å². The number of aliphatic hydroxyl groups excluding tert-OH is 1. The Morgan fingerprint density at radius 2 is 2.14 bits per heavy atom. The molecule has 0 amide bonds. The summed E-state index contributed by atoms with van der Waals surface area (Å²) in [6.07, 6.45) is 4.25. The van der Waals surface area contributed by atoms with Crippen molar-refractivity contribution in [3.63, 3.8) is 0 Å². The van der Waals surface area contributed by atoms with Gasteiger partial charge in [-0.05, 0) is 37.8 Å². The van der Waals surface area contributed by atoms with Crippen LogP contribution >= 0.6 is 0 Å². The number of fused-ring (bicyclic) bond motifs is 1. The summed E-state index contributed by atoms with van der Waals surface area (Å²) in [6.45, 7) is 0.835. The molecule has 4 rings (SSSR count). The number of imidazole rings is 1. The number of rotatable bonds is 5. The highest BCUT2D eigenvalue weighted by Gasteiger charge is 2.44. The molecule has 5 heteroatoms. The summed E-state index contributed by atoms with van der Waals surface area (Å²) in [4.78, 5) is 16.2. The van der Waals surface area contributed by atoms with Gasteiger partial charge >= 0.3 is 5.97 Å². The molecule has 2 fully saturated rings. The van der Waals surface area contributed by atoms with E-state index in [0.717, 1.165) is 37.0 Å². The van der Waals surface area contributed by atoms with E-state index in [1.165, 1.54) is 0 Å². The normalized spacial score (nSPS) is 19.9. The van der Waals surface area contributed by atoms with Crippen molar-refractivity contribution in [2.75, 3.05) is 6.61 Å². The van der Waals surface area contributed by atoms with Gasteiger partial charge in [-0.15, -0.1) is 0 Å². The van der Waals surface area contributed by atoms with Crippen LogP contribution in [0.25, 0.3) is 11.0 Å². The molecule has 1 aromatic heterocycles. The summed E-state index contributed by atoms with van der Waals surface area (Å²) < 4.78 is 2.07. The van der Waals surface area contributed by atoms with Crippen molar-refractivity contribution >= 4 is 17.0 Å². The minimum atomic E-state index is -0.919. The van der Waals surface area contributed by atoms with E-state index in [0.29, 0.717) is 23.5 Å². The molecule has 2 aromatic rings. The van der Waals surface area contributed by atoms with Gasteiger partial charge in [0, 0.05) is 17.9 Å². The molecule has 1 aromatic carbocycles. The number of aliphatic hydroxyl groups is 1. The molecule has 0 atom stereocenters. The first-order valence-corrected chi connectivity index (χ1v) is 7.47. The Bertz CT molecular complexity index is 726. The number of aromatic carboxylic acids is 1. The molecule has 0 bridgehead atoms. The zero-order valence-electron chi connectivity index (χ0n) is 11.7. The van der Waals surface area contributed by atoms with Crippen molar-refractivity contribution in [1.29, 1.82) is 0 Å². The average Bonchev–Trinajstić information content (AvgIpc) is 3.38. The van der Waals surface area contributed by atoms with Gasteiger partial charge in [0.15, 0.2) is 0 Å². The molecule has 2 N–H and O–H groups in total. The minimum Gasteiger partial charge on any atom is -0.478 e. The minimum absolute atomic E-state index is 0.0666. The topological polar surface area (TPSA) is 75.3 Å². The van der Waals surface area contributed by atoms with Crippen molar-refractivity contribution in [2.45, 2.75) is 38.1 Å². The fraction of sp³-hybridized carbons (Fsp3) is 0.500. The SMILES string of the molecule is O=C(O)c1cccc2nc(C3CC3)n(CC3(CO)CC3)c12. The zero-order chi connectivity index (χ0) is 14.6. The van der Waals surface area contributed by atoms with Crippen LogP contribution in [0.15, 0.2) is 18.2 Å². The number of benzene rings is 1. The molecule has 0 unspecified atom stereocenters. The van der Waals surface area contributed by atoms with Crippen molar-refractivity contribution in [1.82, 2.24) is 9.55 Å². The Morgan fingerprint density at radius 3 is 2.71 bits per heavy atom. The molecular weight excluding hydrogens is 268 g/mol. The lowest BCUT2D eigenvalue weighted by molar-refractivity contribution is 0.0698. The predicted octanol–water partition coefficient (Wildman–Crippen LogP) is 2.38. The monoisotopic (exact) mass is 286 g/mol. The molecule has 2 aliphatic rings. The number of aromatic nitrogens is 2. The van der Waals surface area contributed by atoms with Gasteiger partial charge in [-0.1, -0.05) is 6.07 Å². The first kappa shape index (κ1) is 12.8. The Kier molecular flexibility index (Phi) is 2.63. The van der Waals surface area contributed by atoms with Gasteiger partial charge in [-0.25, -0.2) is 9.78 Å². The van der Waals surface area contributed by atoms with E-state index >= 15 is 0 Å². The molecule has 0 radical (unpaired) electrons. The summed E-state index contributed by atoms with van der Waals surface area (Å²) >= 11 is 0. The van der Waals surface area contributed by atoms with E-state index in [9.17, 15) is 15.0 Å². The molecule has 5 nitrogen and oxygen atoms in total. The summed E-state index contributed by atoms with van der Waals surface area (Å²) in [5.74, 6) is 0.532. The van der Waals surface area contributed by atoms with Gasteiger partial charge in [0.1, 0.15) is 5.82 Å². The maximum Gasteiger partial charge on any atom is 0.337 e. The number of carboxylic acids is 1. The quantitative estimate of drug-likeness (QED) is 0.885. The number of hydrogen-bond donors (Lipinski definition) is 2. The molecule has 1 heterocycles. The lowest BCUT2D eigenvalue weighted by Crippen LogP contribution is -2.18. The first-order valence-electron chi connectivity index (χ1n) is 7.47. The second-order valence-corrected chi connectivity index (χ2v) is 6.47. The van der Waals surface area contributed by atoms with Crippen LogP contribution in [0.5, 0.6) is 0 Å². The van der Waals surface area contributed by atoms with Crippen LogP contribution < -0.4 is 0 Å². The van der Waals surface area contributed by atoms with E-state index < -0.39 is 5.97 Å². The Balaban J connectivity index is 1.91. The van der Waals surface area contributed by atoms with Crippen LogP contribution in [0, 0.1) is 5.41 Å². The second kappa shape index (κ2) is 4.31. The lowest BCUT2D eigenvalue weighted by Gasteiger charge is -2.16. The average molecular weight is 286 g/mol. The fourth-order valence-corrected chi connectivity index (χ4v) is 3.07. The van der Waals surface area contributed by atoms with E-state index in [1.54, 1.807) is 12.1 Å². The molecule has 2 saturated carbocycles. The summed E-state index contributed by atoms with van der Waals surface area (Å²) in [6, 6.07) is 5.26. The van der Waals surface area contributed by atoms with Crippen molar-refractivity contribution in [3.05, 3.63) is 29.6 Å². The van der Waals surface area contributed by atoms with E-state index in [2.05, 4.69) is 9.55 Å². The molecule has 0 spiro atoms. The molecule has 0 aliphatic heterocycles. The molecule has 2 aliphatic carbocycles. The molecular formula is C16H18N2O3. The van der Waals surface area contributed by atoms with Gasteiger partial charge in [-0.2, -0.15) is 0 Å². The van der Waals surface area contributed by atoms with Crippen LogP contribution in [-0.4, -0.2) is 32.3 Å². The Labute approximate surface area is 122 Å². The van der Waals surface area contributed by atoms with Crippen LogP contribution in [0.1, 0.15) is 47.8 Å². The number of carbonyl (C=O) groups is 1. The third-order valence-electron chi connectivity index (χ3n) is 4.76. The largest absolute Gasteiger partial charge is 0.478 e. The van der Waals surface area contributed by atoms with Crippen LogP contribution in [0.4, 0.5) is 0 Å². The van der Waals surface area contributed by atoms with Crippen LogP contribution in [-0.2, 0) is 6.54 Å². The summed E-state index contributed by atoms with van der Waals surface area (Å²) in [5, 5.41) is 19.1. The van der Waals surface area contributed by atoms with Crippen molar-refractivity contribution in [3.8, 4) is 0 Å². The molecule has 21 heavy (non-hydrogen) atoms. The smallest absolute Gasteiger partial charge is 0.337 e. The lowest BCUT2D eigenvalue weighted by atomic mass is 10.1. The highest BCUT2D eigenvalue weighted by molar-refractivity contribution is 6.01. The fourth-order valence-electron chi connectivity index (χ4n) is 3.07. The van der Waals surface area contributed by atoms with Gasteiger partial charge in [0.2, 0.25) is 0 Å². The zero-order valence-corrected chi connectivity index (χ0v) is 11.7. The van der Waals surface area contributed by atoms with Gasteiger partial charge in [-0.3, -0.25) is 0 Å². The van der Waals surface area contributed by atoms with E-state index in [1.807, 2.05) is 6.07 Å². The Hall–Kier alpha value is -1.88. The maximum absolute atomic E-state index is 11.5. The number of nitrogens with zero attached hydrogens (tertiary/aromatic N) is 2. The standard InChI is InChI=1S/C16H18N2O3/c19-9-16(6-7-16)8-18-13-11(15(20)21)2-1-3-12(13)17-14(18)10-4-5-10/h1-3,10,19H,4-9H2,(H,20,21). The van der Waals surface area contributed by atoms with Crippen LogP contribution in [0.3, 0.4) is 0 Å². The second-order valence-electron chi connectivity index (χ2n) is 6.47. The number of hydrogen-bond acceptors (Lipinski definition) is 3. The Morgan fingerprint density at radius 1 is 1.38 bits per heavy atom.